The Balaban J connectivity index is 2.53. The second-order valence-electron chi connectivity index (χ2n) is 3.81. The van der Waals surface area contributed by atoms with E-state index in [4.69, 9.17) is 28.9 Å². The predicted molar refractivity (Wildman–Crippen MR) is 70.7 cm³/mol. The third-order valence-corrected chi connectivity index (χ3v) is 3.09. The highest BCUT2D eigenvalue weighted by molar-refractivity contribution is 6.35. The van der Waals surface area contributed by atoms with Gasteiger partial charge >= 0.3 is 0 Å². The van der Waals surface area contributed by atoms with Crippen molar-refractivity contribution in [2.24, 2.45) is 0 Å². The molecule has 0 aliphatic rings. The Labute approximate surface area is 117 Å². The van der Waals surface area contributed by atoms with E-state index in [1.165, 1.54) is 18.2 Å². The van der Waals surface area contributed by atoms with E-state index in [-0.39, 0.29) is 10.6 Å². The molecular weight excluding hydrogens is 295 g/mol. The van der Waals surface area contributed by atoms with Gasteiger partial charge in [-0.3, -0.25) is 4.79 Å². The molecule has 0 saturated carbocycles. The van der Waals surface area contributed by atoms with Gasteiger partial charge in [0.25, 0.3) is 0 Å². The molecule has 6 heteroatoms. The molecule has 0 atom stereocenters. The number of ketones is 1. The van der Waals surface area contributed by atoms with Crippen molar-refractivity contribution in [1.82, 2.24) is 0 Å². The lowest BCUT2D eigenvalue weighted by Crippen LogP contribution is -2.06. The van der Waals surface area contributed by atoms with Gasteiger partial charge in [0.1, 0.15) is 11.6 Å². The molecule has 19 heavy (non-hydrogen) atoms. The van der Waals surface area contributed by atoms with Gasteiger partial charge in [0.05, 0.1) is 15.6 Å². The van der Waals surface area contributed by atoms with E-state index in [9.17, 15) is 13.6 Å². The molecule has 2 aromatic rings. The molecule has 0 fully saturated rings. The first-order valence-corrected chi connectivity index (χ1v) is 5.90. The molecule has 0 unspecified atom stereocenters. The van der Waals surface area contributed by atoms with Gasteiger partial charge in [-0.15, -0.1) is 0 Å². The van der Waals surface area contributed by atoms with E-state index in [1.54, 1.807) is 0 Å². The standard InChI is InChI=1S/C13H7Cl2F2NO/c14-9-3-6(18)1-2-7(9)13(19)8-4-12(17)10(15)5-11(8)16/h1-5H,18H2. The SMILES string of the molecule is Nc1ccc(C(=O)c2cc(F)c(Cl)cc2F)c(Cl)c1. The van der Waals surface area contributed by atoms with Crippen LogP contribution in [0.4, 0.5) is 14.5 Å². The number of halogens is 4. The summed E-state index contributed by atoms with van der Waals surface area (Å²) in [5, 5.41) is -0.322. The Morgan fingerprint density at radius 1 is 0.947 bits per heavy atom. The van der Waals surface area contributed by atoms with Crippen molar-refractivity contribution in [3.63, 3.8) is 0 Å². The zero-order chi connectivity index (χ0) is 14.2. The average molecular weight is 302 g/mol. The van der Waals surface area contributed by atoms with E-state index < -0.39 is 28.0 Å². The molecule has 0 aliphatic carbocycles. The van der Waals surface area contributed by atoms with Crippen molar-refractivity contribution in [2.75, 3.05) is 5.73 Å². The van der Waals surface area contributed by atoms with Crippen LogP contribution in [0.1, 0.15) is 15.9 Å². The molecule has 0 aromatic heterocycles. The number of rotatable bonds is 2. The van der Waals surface area contributed by atoms with Crippen molar-refractivity contribution in [3.05, 3.63) is 63.1 Å². The molecule has 0 heterocycles. The second kappa shape index (κ2) is 5.15. The first-order chi connectivity index (χ1) is 8.90. The molecule has 0 amide bonds. The largest absolute Gasteiger partial charge is 0.399 e. The van der Waals surface area contributed by atoms with Crippen LogP contribution in [0.2, 0.25) is 10.0 Å². The number of nitrogen functional groups attached to an aromatic ring is 1. The molecule has 0 bridgehead atoms. The van der Waals surface area contributed by atoms with Crippen LogP contribution in [-0.4, -0.2) is 5.78 Å². The number of hydrogen-bond acceptors (Lipinski definition) is 2. The van der Waals surface area contributed by atoms with Crippen molar-refractivity contribution >= 4 is 34.7 Å². The van der Waals surface area contributed by atoms with Crippen LogP contribution in [0.3, 0.4) is 0 Å². The summed E-state index contributed by atoms with van der Waals surface area (Å²) in [4.78, 5) is 12.1. The minimum Gasteiger partial charge on any atom is -0.399 e. The van der Waals surface area contributed by atoms with Gasteiger partial charge in [0.15, 0.2) is 5.78 Å². The molecule has 0 aliphatic heterocycles. The summed E-state index contributed by atoms with van der Waals surface area (Å²) in [6, 6.07) is 5.65. The van der Waals surface area contributed by atoms with Crippen LogP contribution in [0.15, 0.2) is 30.3 Å². The quantitative estimate of drug-likeness (QED) is 0.516. The topological polar surface area (TPSA) is 43.1 Å². The molecule has 0 spiro atoms. The number of benzene rings is 2. The highest BCUT2D eigenvalue weighted by Gasteiger charge is 2.19. The Bertz CT molecular complexity index is 674. The van der Waals surface area contributed by atoms with E-state index in [0.717, 1.165) is 12.1 Å². The van der Waals surface area contributed by atoms with E-state index >= 15 is 0 Å². The summed E-state index contributed by atoms with van der Waals surface area (Å²) in [5.74, 6) is -2.53. The van der Waals surface area contributed by atoms with Crippen molar-refractivity contribution in [3.8, 4) is 0 Å². The maximum Gasteiger partial charge on any atom is 0.197 e. The Hall–Kier alpha value is -1.65. The van der Waals surface area contributed by atoms with Gasteiger partial charge in [0.2, 0.25) is 0 Å². The fourth-order valence-corrected chi connectivity index (χ4v) is 1.98. The molecule has 0 saturated heterocycles. The summed E-state index contributed by atoms with van der Waals surface area (Å²) in [5.41, 5.74) is 5.46. The monoisotopic (exact) mass is 301 g/mol. The van der Waals surface area contributed by atoms with Gasteiger partial charge in [-0.25, -0.2) is 8.78 Å². The number of nitrogens with two attached hydrogens (primary N) is 1. The van der Waals surface area contributed by atoms with Crippen LogP contribution in [0.5, 0.6) is 0 Å². The molecule has 2 aromatic carbocycles. The van der Waals surface area contributed by atoms with Gasteiger partial charge in [-0.05, 0) is 30.3 Å². The van der Waals surface area contributed by atoms with Crippen LogP contribution in [0.25, 0.3) is 0 Å². The third-order valence-electron chi connectivity index (χ3n) is 2.49. The van der Waals surface area contributed by atoms with Gasteiger partial charge in [-0.1, -0.05) is 23.2 Å². The lowest BCUT2D eigenvalue weighted by Gasteiger charge is -2.06. The molecule has 2 nitrogen and oxygen atoms in total. The van der Waals surface area contributed by atoms with Crippen LogP contribution in [-0.2, 0) is 0 Å². The fourth-order valence-electron chi connectivity index (χ4n) is 1.56. The lowest BCUT2D eigenvalue weighted by atomic mass is 10.0. The van der Waals surface area contributed by atoms with E-state index in [1.807, 2.05) is 0 Å². The maximum atomic E-state index is 13.6. The van der Waals surface area contributed by atoms with E-state index in [2.05, 4.69) is 0 Å². The first kappa shape index (κ1) is 13.8. The minimum absolute atomic E-state index is 0.0384. The van der Waals surface area contributed by atoms with Crippen molar-refractivity contribution in [2.45, 2.75) is 0 Å². The molecule has 98 valence electrons. The molecule has 0 radical (unpaired) electrons. The highest BCUT2D eigenvalue weighted by atomic mass is 35.5. The van der Waals surface area contributed by atoms with Crippen molar-refractivity contribution in [1.29, 1.82) is 0 Å². The number of carbonyl (C=O) groups excluding carboxylic acids is 1. The van der Waals surface area contributed by atoms with Gasteiger partial charge < -0.3 is 5.73 Å². The summed E-state index contributed by atoms with van der Waals surface area (Å²) >= 11 is 11.3. The van der Waals surface area contributed by atoms with E-state index in [0.29, 0.717) is 5.69 Å². The summed E-state index contributed by atoms with van der Waals surface area (Å²) in [6.07, 6.45) is 0. The smallest absolute Gasteiger partial charge is 0.197 e. The number of anilines is 1. The predicted octanol–water partition coefficient (Wildman–Crippen LogP) is 4.08. The van der Waals surface area contributed by atoms with Gasteiger partial charge in [0, 0.05) is 11.3 Å². The Morgan fingerprint density at radius 3 is 2.26 bits per heavy atom. The fraction of sp³-hybridized carbons (Fsp3) is 0. The van der Waals surface area contributed by atoms with Crippen LogP contribution in [0, 0.1) is 11.6 Å². The summed E-state index contributed by atoms with van der Waals surface area (Å²) < 4.78 is 26.9. The maximum absolute atomic E-state index is 13.6. The van der Waals surface area contributed by atoms with Crippen molar-refractivity contribution < 1.29 is 13.6 Å². The summed E-state index contributed by atoms with van der Waals surface area (Å²) in [6.45, 7) is 0. The zero-order valence-corrected chi connectivity index (χ0v) is 10.9. The number of hydrogen-bond donors (Lipinski definition) is 1. The number of carbonyl (C=O) groups is 1. The lowest BCUT2D eigenvalue weighted by molar-refractivity contribution is 0.103. The third kappa shape index (κ3) is 2.69. The minimum atomic E-state index is -0.913. The first-order valence-electron chi connectivity index (χ1n) is 5.14. The summed E-state index contributed by atoms with van der Waals surface area (Å²) in [7, 11) is 0. The Morgan fingerprint density at radius 2 is 1.63 bits per heavy atom. The van der Waals surface area contributed by atoms with Crippen LogP contribution < -0.4 is 5.73 Å². The normalized spacial score (nSPS) is 10.5. The van der Waals surface area contributed by atoms with Crippen LogP contribution >= 0.6 is 23.2 Å². The zero-order valence-electron chi connectivity index (χ0n) is 9.38. The molecular formula is C13H7Cl2F2NO. The van der Waals surface area contributed by atoms with Gasteiger partial charge in [-0.2, -0.15) is 0 Å². The molecule has 2 N–H and O–H groups in total. The average Bonchev–Trinajstić information content (AvgIpc) is 2.33. The molecule has 2 rings (SSSR count). The highest BCUT2D eigenvalue weighted by Crippen LogP contribution is 2.25. The second-order valence-corrected chi connectivity index (χ2v) is 4.63. The Kier molecular flexibility index (Phi) is 3.73.